The highest BCUT2D eigenvalue weighted by molar-refractivity contribution is 5.68. The molecule has 27 heavy (non-hydrogen) atoms. The highest BCUT2D eigenvalue weighted by atomic mass is 19.3. The Morgan fingerprint density at radius 3 is 2.44 bits per heavy atom. The normalized spacial score (nSPS) is 34.6. The number of anilines is 2. The lowest BCUT2D eigenvalue weighted by atomic mass is 9.87. The molecule has 3 heterocycles. The highest BCUT2D eigenvalue weighted by Crippen LogP contribution is 2.54. The average Bonchev–Trinajstić information content (AvgIpc) is 3.02. The predicted molar refractivity (Wildman–Crippen MR) is 94.1 cm³/mol. The molecule has 3 fully saturated rings. The van der Waals surface area contributed by atoms with Gasteiger partial charge in [0.15, 0.2) is 0 Å². The van der Waals surface area contributed by atoms with E-state index in [2.05, 4.69) is 9.97 Å². The number of hydrogen-bond donors (Lipinski definition) is 2. The van der Waals surface area contributed by atoms with Gasteiger partial charge >= 0.3 is 5.97 Å². The fourth-order valence-corrected chi connectivity index (χ4v) is 4.57. The lowest BCUT2D eigenvalue weighted by molar-refractivity contribution is -0.137. The number of aliphatic hydroxyl groups is 1. The summed E-state index contributed by atoms with van der Waals surface area (Å²) in [5, 5.41) is 19.1. The number of piperidine rings is 1. The SMILES string of the molecule is Cc1c(C(F)F)nc(N2C[C@@](C)(O)[C@@H]2C)nc1N1C[C@@H]2[C@@H](CC(=O)O)[C@@H]2C1. The van der Waals surface area contributed by atoms with E-state index in [1.165, 1.54) is 0 Å². The third kappa shape index (κ3) is 2.92. The summed E-state index contributed by atoms with van der Waals surface area (Å²) in [6, 6.07) is -0.259. The topological polar surface area (TPSA) is 89.8 Å². The second-order valence-electron chi connectivity index (χ2n) is 8.31. The van der Waals surface area contributed by atoms with Gasteiger partial charge in [-0.25, -0.2) is 13.8 Å². The minimum atomic E-state index is -2.71. The van der Waals surface area contributed by atoms with Crippen LogP contribution in [0.5, 0.6) is 0 Å². The largest absolute Gasteiger partial charge is 0.481 e. The lowest BCUT2D eigenvalue weighted by Gasteiger charge is -2.51. The van der Waals surface area contributed by atoms with Crippen molar-refractivity contribution in [2.45, 2.75) is 45.3 Å². The number of carboxylic acids is 1. The molecule has 2 aliphatic heterocycles. The molecule has 2 saturated heterocycles. The van der Waals surface area contributed by atoms with Crippen molar-refractivity contribution in [2.75, 3.05) is 29.4 Å². The minimum absolute atomic E-state index is 0.167. The van der Waals surface area contributed by atoms with Crippen LogP contribution in [0.3, 0.4) is 0 Å². The summed E-state index contributed by atoms with van der Waals surface area (Å²) in [5.41, 5.74) is -0.806. The first-order valence-electron chi connectivity index (χ1n) is 9.22. The second kappa shape index (κ2) is 5.98. The standard InChI is InChI=1S/C18H24F2N4O3/c1-8-14(15(19)20)21-17(24-7-18(3,27)9(24)2)22-16(8)23-5-11-10(4-13(25)26)12(11)6-23/h9-12,15,27H,4-7H2,1-3H3,(H,25,26)/t9-,10-,11-,12+,18+/m0/s1. The van der Waals surface area contributed by atoms with E-state index in [9.17, 15) is 18.7 Å². The van der Waals surface area contributed by atoms with Crippen molar-refractivity contribution >= 4 is 17.7 Å². The molecule has 0 radical (unpaired) electrons. The van der Waals surface area contributed by atoms with Gasteiger partial charge in [-0.3, -0.25) is 4.79 Å². The molecule has 1 aliphatic carbocycles. The Morgan fingerprint density at radius 1 is 1.33 bits per heavy atom. The van der Waals surface area contributed by atoms with E-state index in [-0.39, 0.29) is 41.9 Å². The van der Waals surface area contributed by atoms with E-state index >= 15 is 0 Å². The minimum Gasteiger partial charge on any atom is -0.481 e. The predicted octanol–water partition coefficient (Wildman–Crippen LogP) is 1.84. The zero-order chi connectivity index (χ0) is 19.7. The van der Waals surface area contributed by atoms with E-state index in [4.69, 9.17) is 5.11 Å². The summed E-state index contributed by atoms with van der Waals surface area (Å²) >= 11 is 0. The van der Waals surface area contributed by atoms with E-state index in [0.717, 1.165) is 0 Å². The first-order valence-corrected chi connectivity index (χ1v) is 9.22. The number of rotatable bonds is 5. The molecule has 0 unspecified atom stereocenters. The van der Waals surface area contributed by atoms with Crippen molar-refractivity contribution in [1.82, 2.24) is 9.97 Å². The van der Waals surface area contributed by atoms with E-state index in [0.29, 0.717) is 31.0 Å². The Hall–Kier alpha value is -2.03. The van der Waals surface area contributed by atoms with Crippen LogP contribution in [0.4, 0.5) is 20.5 Å². The van der Waals surface area contributed by atoms with Crippen molar-refractivity contribution < 1.29 is 23.8 Å². The number of aliphatic carboxylic acids is 1. The summed E-state index contributed by atoms with van der Waals surface area (Å²) in [5.74, 6) is 0.679. The number of carbonyl (C=O) groups is 1. The van der Waals surface area contributed by atoms with E-state index in [1.807, 2.05) is 11.8 Å². The van der Waals surface area contributed by atoms with Gasteiger partial charge in [-0.15, -0.1) is 0 Å². The smallest absolute Gasteiger partial charge is 0.303 e. The molecule has 7 nitrogen and oxygen atoms in total. The molecule has 9 heteroatoms. The van der Waals surface area contributed by atoms with Gasteiger partial charge in [-0.2, -0.15) is 4.98 Å². The van der Waals surface area contributed by atoms with Crippen molar-refractivity contribution in [3.8, 4) is 0 Å². The molecular weight excluding hydrogens is 358 g/mol. The fourth-order valence-electron chi connectivity index (χ4n) is 4.57. The molecule has 4 rings (SSSR count). The number of fused-ring (bicyclic) bond motifs is 1. The maximum Gasteiger partial charge on any atom is 0.303 e. The molecule has 0 amide bonds. The molecule has 0 spiro atoms. The molecular formula is C18H24F2N4O3. The van der Waals surface area contributed by atoms with E-state index in [1.54, 1.807) is 18.7 Å². The maximum absolute atomic E-state index is 13.6. The fraction of sp³-hybridized carbons (Fsp3) is 0.722. The Balaban J connectivity index is 1.59. The highest BCUT2D eigenvalue weighted by Gasteiger charge is 2.56. The third-order valence-corrected chi connectivity index (χ3v) is 6.55. The molecule has 1 aromatic heterocycles. The van der Waals surface area contributed by atoms with Crippen LogP contribution < -0.4 is 9.80 Å². The Morgan fingerprint density at radius 2 is 1.96 bits per heavy atom. The van der Waals surface area contributed by atoms with Gasteiger partial charge < -0.3 is 20.0 Å². The van der Waals surface area contributed by atoms with E-state index < -0.39 is 18.0 Å². The summed E-state index contributed by atoms with van der Waals surface area (Å²) in [4.78, 5) is 23.2. The lowest BCUT2D eigenvalue weighted by Crippen LogP contribution is -2.67. The van der Waals surface area contributed by atoms with Crippen molar-refractivity contribution in [3.63, 3.8) is 0 Å². The molecule has 1 aromatic rings. The van der Waals surface area contributed by atoms with Crippen molar-refractivity contribution in [3.05, 3.63) is 11.3 Å². The van der Waals surface area contributed by atoms with Crippen LogP contribution in [0.25, 0.3) is 0 Å². The van der Waals surface area contributed by atoms with Gasteiger partial charge in [-0.1, -0.05) is 0 Å². The monoisotopic (exact) mass is 382 g/mol. The molecule has 0 bridgehead atoms. The van der Waals surface area contributed by atoms with Gasteiger partial charge in [-0.05, 0) is 38.5 Å². The van der Waals surface area contributed by atoms with Crippen LogP contribution in [0.15, 0.2) is 0 Å². The van der Waals surface area contributed by atoms with Crippen LogP contribution in [0.1, 0.15) is 38.0 Å². The van der Waals surface area contributed by atoms with Gasteiger partial charge in [0.2, 0.25) is 5.95 Å². The zero-order valence-corrected chi connectivity index (χ0v) is 15.6. The number of carboxylic acid groups (broad SMARTS) is 1. The van der Waals surface area contributed by atoms with Crippen LogP contribution in [0, 0.1) is 24.7 Å². The molecule has 3 aliphatic rings. The Labute approximate surface area is 156 Å². The number of halogens is 2. The molecule has 5 atom stereocenters. The van der Waals surface area contributed by atoms with Gasteiger partial charge in [0, 0.05) is 25.1 Å². The Kier molecular flexibility index (Phi) is 4.06. The number of β-amino-alcohol motifs (C(OH)–C–C–N with tert-alkyl or cyclic N) is 1. The summed E-state index contributed by atoms with van der Waals surface area (Å²) in [6.07, 6.45) is -2.54. The number of aromatic nitrogens is 2. The van der Waals surface area contributed by atoms with Gasteiger partial charge in [0.1, 0.15) is 11.5 Å². The molecule has 1 saturated carbocycles. The molecule has 148 valence electrons. The molecule has 2 N–H and O–H groups in total. The first-order chi connectivity index (χ1) is 12.6. The van der Waals surface area contributed by atoms with Gasteiger partial charge in [0.05, 0.1) is 18.2 Å². The quantitative estimate of drug-likeness (QED) is 0.803. The zero-order valence-electron chi connectivity index (χ0n) is 15.6. The van der Waals surface area contributed by atoms with Crippen molar-refractivity contribution in [1.29, 1.82) is 0 Å². The maximum atomic E-state index is 13.6. The number of nitrogens with zero attached hydrogens (tertiary/aromatic N) is 4. The first kappa shape index (κ1) is 18.3. The average molecular weight is 382 g/mol. The van der Waals surface area contributed by atoms with Crippen LogP contribution in [-0.4, -0.2) is 57.4 Å². The van der Waals surface area contributed by atoms with Crippen molar-refractivity contribution in [2.24, 2.45) is 17.8 Å². The summed E-state index contributed by atoms with van der Waals surface area (Å²) < 4.78 is 27.1. The van der Waals surface area contributed by atoms with Gasteiger partial charge in [0.25, 0.3) is 6.43 Å². The number of alkyl halides is 2. The Bertz CT molecular complexity index is 776. The molecule has 0 aromatic carbocycles. The third-order valence-electron chi connectivity index (χ3n) is 6.55. The van der Waals surface area contributed by atoms with Crippen LogP contribution in [0.2, 0.25) is 0 Å². The number of hydrogen-bond acceptors (Lipinski definition) is 6. The van der Waals surface area contributed by atoms with Crippen LogP contribution in [-0.2, 0) is 4.79 Å². The summed E-state index contributed by atoms with van der Waals surface area (Å²) in [6.45, 7) is 6.69. The second-order valence-corrected chi connectivity index (χ2v) is 8.31. The summed E-state index contributed by atoms with van der Waals surface area (Å²) in [7, 11) is 0. The van der Waals surface area contributed by atoms with Crippen LogP contribution >= 0.6 is 0 Å².